The van der Waals surface area contributed by atoms with E-state index in [2.05, 4.69) is 10.6 Å². The summed E-state index contributed by atoms with van der Waals surface area (Å²) in [5, 5.41) is 5.35. The van der Waals surface area contributed by atoms with Crippen LogP contribution in [0.25, 0.3) is 0 Å². The van der Waals surface area contributed by atoms with Crippen molar-refractivity contribution < 1.29 is 18.7 Å². The summed E-state index contributed by atoms with van der Waals surface area (Å²) < 4.78 is 19.8. The number of hydrogen-bond donors (Lipinski definition) is 2. The molecule has 1 aromatic rings. The Labute approximate surface area is 138 Å². The van der Waals surface area contributed by atoms with Gasteiger partial charge in [-0.25, -0.2) is 9.18 Å². The van der Waals surface area contributed by atoms with Crippen molar-refractivity contribution in [1.82, 2.24) is 15.5 Å². The second-order valence-electron chi connectivity index (χ2n) is 6.27. The van der Waals surface area contributed by atoms with Gasteiger partial charge in [0.1, 0.15) is 5.82 Å². The Balaban J connectivity index is 1.62. The Morgan fingerprint density at radius 1 is 1.29 bits per heavy atom. The molecule has 3 amide bonds. The monoisotopic (exact) mass is 331 g/mol. The van der Waals surface area contributed by atoms with Crippen LogP contribution in [0.4, 0.5) is 9.18 Å². The molecular formula is C17H18FN3O3. The van der Waals surface area contributed by atoms with Crippen LogP contribution in [0.3, 0.4) is 0 Å². The SMILES string of the molecule is O=C1NC2=C(C(=O)N(C[C@@H]3CCCO3)C2)[C@H](c2ccccc2F)N1. The molecule has 1 aromatic carbocycles. The largest absolute Gasteiger partial charge is 0.376 e. The van der Waals surface area contributed by atoms with Gasteiger partial charge in [0.15, 0.2) is 0 Å². The quantitative estimate of drug-likeness (QED) is 0.881. The number of carbonyl (C=O) groups excluding carboxylic acids is 2. The van der Waals surface area contributed by atoms with Crippen molar-refractivity contribution in [3.8, 4) is 0 Å². The Bertz CT molecular complexity index is 728. The molecule has 24 heavy (non-hydrogen) atoms. The number of rotatable bonds is 3. The molecule has 1 fully saturated rings. The highest BCUT2D eigenvalue weighted by atomic mass is 19.1. The van der Waals surface area contributed by atoms with Crippen LogP contribution in [0.1, 0.15) is 24.4 Å². The number of hydrogen-bond acceptors (Lipinski definition) is 3. The zero-order chi connectivity index (χ0) is 16.7. The second-order valence-corrected chi connectivity index (χ2v) is 6.27. The Hall–Kier alpha value is -2.41. The lowest BCUT2D eigenvalue weighted by atomic mass is 9.96. The molecular weight excluding hydrogens is 313 g/mol. The average molecular weight is 331 g/mol. The molecule has 4 rings (SSSR count). The molecule has 2 N–H and O–H groups in total. The Morgan fingerprint density at radius 2 is 2.12 bits per heavy atom. The molecule has 0 saturated carbocycles. The number of urea groups is 1. The fourth-order valence-electron chi connectivity index (χ4n) is 3.55. The number of nitrogens with one attached hydrogen (secondary N) is 2. The van der Waals surface area contributed by atoms with Gasteiger partial charge in [-0.05, 0) is 18.9 Å². The Morgan fingerprint density at radius 3 is 2.88 bits per heavy atom. The van der Waals surface area contributed by atoms with Gasteiger partial charge in [0.2, 0.25) is 0 Å². The number of halogens is 1. The van der Waals surface area contributed by atoms with Crippen molar-refractivity contribution in [2.75, 3.05) is 19.7 Å². The van der Waals surface area contributed by atoms with Gasteiger partial charge < -0.3 is 20.3 Å². The van der Waals surface area contributed by atoms with Crippen molar-refractivity contribution in [1.29, 1.82) is 0 Å². The first-order valence-electron chi connectivity index (χ1n) is 8.09. The van der Waals surface area contributed by atoms with Gasteiger partial charge in [-0.2, -0.15) is 0 Å². The third kappa shape index (κ3) is 2.54. The maximum Gasteiger partial charge on any atom is 0.319 e. The maximum atomic E-state index is 14.2. The molecule has 7 heteroatoms. The smallest absolute Gasteiger partial charge is 0.319 e. The minimum atomic E-state index is -0.767. The summed E-state index contributed by atoms with van der Waals surface area (Å²) in [7, 11) is 0. The minimum Gasteiger partial charge on any atom is -0.376 e. The molecule has 3 aliphatic rings. The van der Waals surface area contributed by atoms with Gasteiger partial charge >= 0.3 is 6.03 Å². The third-order valence-corrected chi connectivity index (χ3v) is 4.68. The maximum absolute atomic E-state index is 14.2. The topological polar surface area (TPSA) is 70.7 Å². The Kier molecular flexibility index (Phi) is 3.72. The number of benzene rings is 1. The van der Waals surface area contributed by atoms with E-state index in [1.807, 2.05) is 0 Å². The predicted molar refractivity (Wildman–Crippen MR) is 83.4 cm³/mol. The number of carbonyl (C=O) groups is 2. The van der Waals surface area contributed by atoms with Crippen molar-refractivity contribution in [2.24, 2.45) is 0 Å². The van der Waals surface area contributed by atoms with Crippen molar-refractivity contribution in [3.63, 3.8) is 0 Å². The first-order valence-corrected chi connectivity index (χ1v) is 8.09. The summed E-state index contributed by atoms with van der Waals surface area (Å²) in [5.74, 6) is -0.622. The van der Waals surface area contributed by atoms with Gasteiger partial charge in [0.05, 0.1) is 30.0 Å². The molecule has 3 aliphatic heterocycles. The van der Waals surface area contributed by atoms with Crippen LogP contribution in [-0.2, 0) is 9.53 Å². The van der Waals surface area contributed by atoms with E-state index in [9.17, 15) is 14.0 Å². The molecule has 0 radical (unpaired) electrons. The molecule has 0 unspecified atom stereocenters. The van der Waals surface area contributed by atoms with Crippen LogP contribution in [-0.4, -0.2) is 42.6 Å². The van der Waals surface area contributed by atoms with Crippen LogP contribution in [0, 0.1) is 5.82 Å². The highest BCUT2D eigenvalue weighted by Gasteiger charge is 2.41. The minimum absolute atomic E-state index is 0.0332. The standard InChI is InChI=1S/C17H18FN3O3/c18-12-6-2-1-5-11(12)15-14-13(19-17(23)20-15)9-21(16(14)22)8-10-4-3-7-24-10/h1-2,5-6,10,15H,3-4,7-9H2,(H2,19,20,23)/t10-,15-/m0/s1. The highest BCUT2D eigenvalue weighted by molar-refractivity contribution is 6.01. The van der Waals surface area contributed by atoms with Gasteiger partial charge in [0.25, 0.3) is 5.91 Å². The van der Waals surface area contributed by atoms with Gasteiger partial charge in [0, 0.05) is 18.7 Å². The first-order chi connectivity index (χ1) is 11.6. The summed E-state index contributed by atoms with van der Waals surface area (Å²) in [6.45, 7) is 1.54. The summed E-state index contributed by atoms with van der Waals surface area (Å²) >= 11 is 0. The lowest BCUT2D eigenvalue weighted by Gasteiger charge is -2.26. The summed E-state index contributed by atoms with van der Waals surface area (Å²) in [5.41, 5.74) is 1.26. The molecule has 0 bridgehead atoms. The van der Waals surface area contributed by atoms with Crippen LogP contribution in [0.15, 0.2) is 35.5 Å². The number of amides is 3. The summed E-state index contributed by atoms with van der Waals surface area (Å²) in [4.78, 5) is 26.4. The van der Waals surface area contributed by atoms with E-state index in [1.54, 1.807) is 23.1 Å². The number of nitrogens with zero attached hydrogens (tertiary/aromatic N) is 1. The fraction of sp³-hybridized carbons (Fsp3) is 0.412. The summed E-state index contributed by atoms with van der Waals surface area (Å²) in [6.07, 6.45) is 1.96. The van der Waals surface area contributed by atoms with E-state index in [1.165, 1.54) is 6.07 Å². The van der Waals surface area contributed by atoms with Crippen LogP contribution in [0.5, 0.6) is 0 Å². The van der Waals surface area contributed by atoms with E-state index >= 15 is 0 Å². The van der Waals surface area contributed by atoms with Gasteiger partial charge in [-0.15, -0.1) is 0 Å². The van der Waals surface area contributed by atoms with Gasteiger partial charge in [-0.1, -0.05) is 18.2 Å². The summed E-state index contributed by atoms with van der Waals surface area (Å²) in [6, 6.07) is 5.00. The third-order valence-electron chi connectivity index (χ3n) is 4.68. The van der Waals surface area contributed by atoms with Crippen molar-refractivity contribution >= 4 is 11.9 Å². The van der Waals surface area contributed by atoms with E-state index in [0.29, 0.717) is 29.9 Å². The molecule has 126 valence electrons. The molecule has 6 nitrogen and oxygen atoms in total. The van der Waals surface area contributed by atoms with Crippen LogP contribution >= 0.6 is 0 Å². The van der Waals surface area contributed by atoms with E-state index in [-0.39, 0.29) is 12.0 Å². The van der Waals surface area contributed by atoms with E-state index in [4.69, 9.17) is 4.74 Å². The van der Waals surface area contributed by atoms with E-state index < -0.39 is 17.9 Å². The number of ether oxygens (including phenoxy) is 1. The van der Waals surface area contributed by atoms with Crippen molar-refractivity contribution in [2.45, 2.75) is 25.0 Å². The molecule has 0 aliphatic carbocycles. The molecule has 0 spiro atoms. The highest BCUT2D eigenvalue weighted by Crippen LogP contribution is 2.34. The zero-order valence-corrected chi connectivity index (χ0v) is 13.0. The zero-order valence-electron chi connectivity index (χ0n) is 13.0. The molecule has 1 saturated heterocycles. The first kappa shape index (κ1) is 15.1. The fourth-order valence-corrected chi connectivity index (χ4v) is 3.55. The normalized spacial score (nSPS) is 26.5. The van der Waals surface area contributed by atoms with Crippen LogP contribution < -0.4 is 10.6 Å². The lowest BCUT2D eigenvalue weighted by molar-refractivity contribution is -0.127. The molecule has 3 heterocycles. The predicted octanol–water partition coefficient (Wildman–Crippen LogP) is 1.45. The average Bonchev–Trinajstić information content (AvgIpc) is 3.16. The van der Waals surface area contributed by atoms with Gasteiger partial charge in [-0.3, -0.25) is 4.79 Å². The van der Waals surface area contributed by atoms with Crippen molar-refractivity contribution in [3.05, 3.63) is 46.9 Å². The van der Waals surface area contributed by atoms with E-state index in [0.717, 1.165) is 19.4 Å². The molecule has 0 aromatic heterocycles. The van der Waals surface area contributed by atoms with Crippen LogP contribution in [0.2, 0.25) is 0 Å². The lowest BCUT2D eigenvalue weighted by Crippen LogP contribution is -2.44. The second kappa shape index (κ2) is 5.90. The molecule has 2 atom stereocenters.